The summed E-state index contributed by atoms with van der Waals surface area (Å²) >= 11 is 0. The highest BCUT2D eigenvalue weighted by Gasteiger charge is 2.23. The summed E-state index contributed by atoms with van der Waals surface area (Å²) in [5.74, 6) is 0.342. The van der Waals surface area contributed by atoms with E-state index in [9.17, 15) is 4.79 Å². The Labute approximate surface area is 123 Å². The van der Waals surface area contributed by atoms with E-state index < -0.39 is 0 Å². The number of amides is 1. The predicted octanol–water partition coefficient (Wildman–Crippen LogP) is 2.69. The third-order valence-electron chi connectivity index (χ3n) is 4.12. The maximum atomic E-state index is 11.1. The summed E-state index contributed by atoms with van der Waals surface area (Å²) in [6.45, 7) is 9.64. The van der Waals surface area contributed by atoms with E-state index in [0.717, 1.165) is 25.8 Å². The average molecular weight is 280 g/mol. The molecule has 2 rings (SSSR count). The van der Waals surface area contributed by atoms with Gasteiger partial charge in [0.15, 0.2) is 0 Å². The van der Waals surface area contributed by atoms with Crippen molar-refractivity contribution in [2.75, 3.05) is 6.54 Å². The van der Waals surface area contributed by atoms with Gasteiger partial charge in [-0.05, 0) is 33.1 Å². The zero-order valence-corrected chi connectivity index (χ0v) is 13.7. The van der Waals surface area contributed by atoms with Crippen LogP contribution < -0.4 is 4.57 Å². The summed E-state index contributed by atoms with van der Waals surface area (Å²) < 4.78 is 4.28. The Bertz CT molecular complexity index is 414. The first-order valence-corrected chi connectivity index (χ1v) is 7.81. The van der Waals surface area contributed by atoms with Crippen LogP contribution in [0.2, 0.25) is 0 Å². The molecule has 1 aromatic rings. The molecule has 4 heteroatoms. The van der Waals surface area contributed by atoms with Gasteiger partial charge in [-0.3, -0.25) is 4.79 Å². The zero-order valence-electron chi connectivity index (χ0n) is 13.7. The van der Waals surface area contributed by atoms with Gasteiger partial charge in [0.1, 0.15) is 12.4 Å². The van der Waals surface area contributed by atoms with E-state index >= 15 is 0 Å². The summed E-state index contributed by atoms with van der Waals surface area (Å²) in [5, 5.41) is 0. The lowest BCUT2D eigenvalue weighted by atomic mass is 10.2. The van der Waals surface area contributed by atoms with Crippen LogP contribution >= 0.6 is 0 Å². The molecular weight excluding hydrogens is 250 g/mol. The number of aryl methyl sites for hydroxylation is 1. The predicted molar refractivity (Wildman–Crippen MR) is 81.3 cm³/mol. The van der Waals surface area contributed by atoms with Crippen molar-refractivity contribution >= 4 is 5.91 Å². The van der Waals surface area contributed by atoms with Crippen molar-refractivity contribution in [3.8, 4) is 0 Å². The fourth-order valence-corrected chi connectivity index (χ4v) is 2.30. The van der Waals surface area contributed by atoms with Gasteiger partial charge in [0.05, 0.1) is 13.1 Å². The minimum atomic E-state index is 0.342. The summed E-state index contributed by atoms with van der Waals surface area (Å²) in [6.07, 6.45) is 10.4. The van der Waals surface area contributed by atoms with Gasteiger partial charge in [0.2, 0.25) is 12.2 Å². The maximum absolute atomic E-state index is 11.1. The minimum absolute atomic E-state index is 0.342. The van der Waals surface area contributed by atoms with Crippen LogP contribution in [0.4, 0.5) is 0 Å². The first kappa shape index (κ1) is 16.7. The average Bonchev–Trinajstić information content (AvgIpc) is 3.06. The standard InChI is InChI=1S/C8H15N2.C8H15NO/c1-4-8(2)10-6-5-9(3)7-10;1-3-7(2)9-6-4-5-8(9)10/h5-8H,4H2,1-3H3;7H,3-6H2,1-2H3/q+1;. The maximum Gasteiger partial charge on any atom is 0.243 e. The molecule has 1 saturated heterocycles. The highest BCUT2D eigenvalue weighted by Crippen LogP contribution is 2.14. The molecule has 1 aliphatic heterocycles. The molecule has 0 aliphatic carbocycles. The highest BCUT2D eigenvalue weighted by molar-refractivity contribution is 5.78. The topological polar surface area (TPSA) is 29.1 Å². The van der Waals surface area contributed by atoms with Gasteiger partial charge in [-0.25, -0.2) is 9.13 Å². The number of carbonyl (C=O) groups is 1. The molecule has 0 bridgehead atoms. The lowest BCUT2D eigenvalue weighted by Crippen LogP contribution is -2.33. The normalized spacial score (nSPS) is 17.6. The third-order valence-corrected chi connectivity index (χ3v) is 4.12. The Morgan fingerprint density at radius 2 is 1.90 bits per heavy atom. The van der Waals surface area contributed by atoms with Crippen molar-refractivity contribution in [1.82, 2.24) is 9.47 Å². The second kappa shape index (κ2) is 8.08. The van der Waals surface area contributed by atoms with Crippen LogP contribution in [0, 0.1) is 0 Å². The molecule has 4 nitrogen and oxygen atoms in total. The smallest absolute Gasteiger partial charge is 0.243 e. The second-order valence-corrected chi connectivity index (χ2v) is 5.73. The summed E-state index contributed by atoms with van der Waals surface area (Å²) in [6, 6.07) is 1.08. The number of carbonyl (C=O) groups excluding carboxylic acids is 1. The van der Waals surface area contributed by atoms with Crippen LogP contribution in [0.5, 0.6) is 0 Å². The van der Waals surface area contributed by atoms with E-state index in [-0.39, 0.29) is 0 Å². The molecule has 1 amide bonds. The Balaban J connectivity index is 0.000000200. The SMILES string of the molecule is CCC(C)N1CCCC1=O.CCC(C)n1cc[n+](C)c1. The van der Waals surface area contributed by atoms with Crippen molar-refractivity contribution in [3.63, 3.8) is 0 Å². The number of hydrogen-bond acceptors (Lipinski definition) is 1. The fourth-order valence-electron chi connectivity index (χ4n) is 2.30. The van der Waals surface area contributed by atoms with E-state index in [4.69, 9.17) is 0 Å². The lowest BCUT2D eigenvalue weighted by molar-refractivity contribution is -0.671. The second-order valence-electron chi connectivity index (χ2n) is 5.73. The molecule has 1 aromatic heterocycles. The van der Waals surface area contributed by atoms with E-state index in [1.54, 1.807) is 0 Å². The first-order chi connectivity index (χ1) is 9.49. The van der Waals surface area contributed by atoms with Crippen molar-refractivity contribution in [1.29, 1.82) is 0 Å². The molecule has 0 radical (unpaired) electrons. The molecule has 0 N–H and O–H groups in total. The van der Waals surface area contributed by atoms with Gasteiger partial charge in [-0.15, -0.1) is 0 Å². The van der Waals surface area contributed by atoms with Crippen LogP contribution in [-0.4, -0.2) is 28.0 Å². The third kappa shape index (κ3) is 4.66. The van der Waals surface area contributed by atoms with Crippen LogP contribution in [-0.2, 0) is 11.8 Å². The summed E-state index contributed by atoms with van der Waals surface area (Å²) in [5.41, 5.74) is 0. The van der Waals surface area contributed by atoms with E-state index in [1.165, 1.54) is 6.42 Å². The molecule has 20 heavy (non-hydrogen) atoms. The molecule has 1 fully saturated rings. The molecule has 114 valence electrons. The first-order valence-electron chi connectivity index (χ1n) is 7.81. The van der Waals surface area contributed by atoms with E-state index in [0.29, 0.717) is 18.0 Å². The number of hydrogen-bond donors (Lipinski definition) is 0. The Morgan fingerprint density at radius 1 is 1.25 bits per heavy atom. The van der Waals surface area contributed by atoms with Gasteiger partial charge < -0.3 is 4.90 Å². The number of likely N-dealkylation sites (tertiary alicyclic amines) is 1. The van der Waals surface area contributed by atoms with Gasteiger partial charge in [-0.1, -0.05) is 13.8 Å². The Morgan fingerprint density at radius 3 is 2.30 bits per heavy atom. The Kier molecular flexibility index (Phi) is 6.76. The molecule has 2 unspecified atom stereocenters. The highest BCUT2D eigenvalue weighted by atomic mass is 16.2. The minimum Gasteiger partial charge on any atom is -0.340 e. The monoisotopic (exact) mass is 280 g/mol. The number of rotatable bonds is 4. The van der Waals surface area contributed by atoms with Crippen LogP contribution in [0.3, 0.4) is 0 Å². The van der Waals surface area contributed by atoms with E-state index in [2.05, 4.69) is 55.6 Å². The number of nitrogens with zero attached hydrogens (tertiary/aromatic N) is 3. The van der Waals surface area contributed by atoms with Crippen molar-refractivity contribution in [3.05, 3.63) is 18.7 Å². The number of aromatic nitrogens is 2. The van der Waals surface area contributed by atoms with Gasteiger partial charge in [0.25, 0.3) is 0 Å². The van der Waals surface area contributed by atoms with E-state index in [1.807, 2.05) is 11.9 Å². The quantitative estimate of drug-likeness (QED) is 0.780. The molecule has 0 saturated carbocycles. The molecular formula is C16H30N3O+. The molecule has 0 spiro atoms. The molecule has 0 aromatic carbocycles. The number of imidazole rings is 1. The van der Waals surface area contributed by atoms with Crippen molar-refractivity contribution < 1.29 is 9.36 Å². The van der Waals surface area contributed by atoms with Gasteiger partial charge in [0, 0.05) is 19.0 Å². The fraction of sp³-hybridized carbons (Fsp3) is 0.750. The zero-order chi connectivity index (χ0) is 15.1. The van der Waals surface area contributed by atoms with Gasteiger partial charge in [-0.2, -0.15) is 0 Å². The van der Waals surface area contributed by atoms with Gasteiger partial charge >= 0.3 is 0 Å². The lowest BCUT2D eigenvalue weighted by Gasteiger charge is -2.22. The Hall–Kier alpha value is -1.32. The van der Waals surface area contributed by atoms with Crippen LogP contribution in [0.25, 0.3) is 0 Å². The summed E-state index contributed by atoms with van der Waals surface area (Å²) in [7, 11) is 2.04. The molecule has 1 aliphatic rings. The molecule has 2 heterocycles. The van der Waals surface area contributed by atoms with Crippen LogP contribution in [0.15, 0.2) is 18.7 Å². The molecule has 2 atom stereocenters. The summed E-state index contributed by atoms with van der Waals surface area (Å²) in [4.78, 5) is 13.1. The van der Waals surface area contributed by atoms with Crippen molar-refractivity contribution in [2.24, 2.45) is 7.05 Å². The van der Waals surface area contributed by atoms with Crippen LogP contribution in [0.1, 0.15) is 59.4 Å². The van der Waals surface area contributed by atoms with Crippen molar-refractivity contribution in [2.45, 2.75) is 65.5 Å². The largest absolute Gasteiger partial charge is 0.340 e.